The number of phenolic OH excluding ortho intramolecular Hbond substituents is 2. The molecular formula is C12H16ClNO2. The highest BCUT2D eigenvalue weighted by Gasteiger charge is 2.19. The lowest BCUT2D eigenvalue weighted by Gasteiger charge is -2.14. The fourth-order valence-electron chi connectivity index (χ4n) is 2.18. The van der Waals surface area contributed by atoms with E-state index in [-0.39, 0.29) is 16.5 Å². The Morgan fingerprint density at radius 2 is 2.19 bits per heavy atom. The van der Waals surface area contributed by atoms with Crippen molar-refractivity contribution in [3.8, 4) is 11.5 Å². The molecule has 1 fully saturated rings. The van der Waals surface area contributed by atoms with Crippen molar-refractivity contribution in [3.05, 3.63) is 22.2 Å². The number of aryl methyl sites for hydroxylation is 1. The molecule has 1 aromatic rings. The summed E-state index contributed by atoms with van der Waals surface area (Å²) in [6.07, 6.45) is 3.06. The van der Waals surface area contributed by atoms with E-state index in [1.165, 1.54) is 6.42 Å². The van der Waals surface area contributed by atoms with E-state index in [2.05, 4.69) is 5.32 Å². The molecule has 2 rings (SSSR count). The van der Waals surface area contributed by atoms with Crippen LogP contribution in [-0.4, -0.2) is 22.8 Å². The number of aromatic hydroxyl groups is 2. The van der Waals surface area contributed by atoms with Gasteiger partial charge in [0.25, 0.3) is 0 Å². The van der Waals surface area contributed by atoms with E-state index in [1.807, 2.05) is 0 Å². The third-order valence-electron chi connectivity index (χ3n) is 3.11. The Balaban J connectivity index is 2.26. The van der Waals surface area contributed by atoms with Crippen LogP contribution in [0.5, 0.6) is 11.5 Å². The van der Waals surface area contributed by atoms with Gasteiger partial charge in [-0.25, -0.2) is 0 Å². The van der Waals surface area contributed by atoms with Gasteiger partial charge in [0.1, 0.15) is 16.5 Å². The first-order valence-corrected chi connectivity index (χ1v) is 5.90. The number of halogens is 1. The quantitative estimate of drug-likeness (QED) is 0.745. The van der Waals surface area contributed by atoms with Crippen LogP contribution < -0.4 is 5.32 Å². The summed E-state index contributed by atoms with van der Waals surface area (Å²) in [5, 5.41) is 22.8. The van der Waals surface area contributed by atoms with Gasteiger partial charge in [-0.05, 0) is 49.9 Å². The SMILES string of the molecule is Cc1cc(CC2CCCN2)c(O)c(Cl)c1O. The summed E-state index contributed by atoms with van der Waals surface area (Å²) >= 11 is 5.85. The average molecular weight is 242 g/mol. The predicted octanol–water partition coefficient (Wildman–Crippen LogP) is 2.35. The number of benzene rings is 1. The molecule has 16 heavy (non-hydrogen) atoms. The van der Waals surface area contributed by atoms with Gasteiger partial charge in [0.05, 0.1) is 0 Å². The highest BCUT2D eigenvalue weighted by Crippen LogP contribution is 2.38. The summed E-state index contributed by atoms with van der Waals surface area (Å²) in [6.45, 7) is 2.82. The van der Waals surface area contributed by atoms with E-state index in [0.717, 1.165) is 24.9 Å². The minimum absolute atomic E-state index is 0.0125. The largest absolute Gasteiger partial charge is 0.506 e. The Kier molecular flexibility index (Phi) is 3.26. The van der Waals surface area contributed by atoms with E-state index in [4.69, 9.17) is 11.6 Å². The first-order valence-electron chi connectivity index (χ1n) is 5.53. The molecule has 0 aliphatic carbocycles. The van der Waals surface area contributed by atoms with Crippen molar-refractivity contribution in [1.29, 1.82) is 0 Å². The fourth-order valence-corrected chi connectivity index (χ4v) is 2.45. The maximum atomic E-state index is 9.84. The highest BCUT2D eigenvalue weighted by atomic mass is 35.5. The summed E-state index contributed by atoms with van der Waals surface area (Å²) in [4.78, 5) is 0. The number of hydrogen-bond donors (Lipinski definition) is 3. The van der Waals surface area contributed by atoms with Gasteiger partial charge >= 0.3 is 0 Å². The van der Waals surface area contributed by atoms with Gasteiger partial charge in [0.15, 0.2) is 0 Å². The molecule has 1 aromatic carbocycles. The molecule has 3 N–H and O–H groups in total. The van der Waals surface area contributed by atoms with Gasteiger partial charge in [0, 0.05) is 6.04 Å². The topological polar surface area (TPSA) is 52.5 Å². The van der Waals surface area contributed by atoms with Crippen molar-refractivity contribution in [3.63, 3.8) is 0 Å². The first-order chi connectivity index (χ1) is 7.59. The normalized spacial score (nSPS) is 20.2. The Bertz CT molecular complexity index is 400. The number of rotatable bonds is 2. The summed E-state index contributed by atoms with van der Waals surface area (Å²) in [6, 6.07) is 2.21. The van der Waals surface area contributed by atoms with Gasteiger partial charge in [-0.3, -0.25) is 0 Å². The molecule has 3 nitrogen and oxygen atoms in total. The monoisotopic (exact) mass is 241 g/mol. The second kappa shape index (κ2) is 4.52. The summed E-state index contributed by atoms with van der Waals surface area (Å²) < 4.78 is 0. The molecule has 0 saturated carbocycles. The van der Waals surface area contributed by atoms with Crippen LogP contribution in [0.2, 0.25) is 5.02 Å². The van der Waals surface area contributed by atoms with Crippen molar-refractivity contribution < 1.29 is 10.2 Å². The van der Waals surface area contributed by atoms with E-state index >= 15 is 0 Å². The van der Waals surface area contributed by atoms with Crippen molar-refractivity contribution in [1.82, 2.24) is 5.32 Å². The Morgan fingerprint density at radius 1 is 1.44 bits per heavy atom. The van der Waals surface area contributed by atoms with Crippen molar-refractivity contribution >= 4 is 11.6 Å². The molecule has 1 aliphatic heterocycles. The van der Waals surface area contributed by atoms with E-state index in [0.29, 0.717) is 11.6 Å². The standard InChI is InChI=1S/C12H16ClNO2/c1-7-5-8(6-9-3-2-4-14-9)12(16)10(13)11(7)15/h5,9,14-16H,2-4,6H2,1H3. The molecule has 1 saturated heterocycles. The lowest BCUT2D eigenvalue weighted by atomic mass is 10.0. The number of nitrogens with one attached hydrogen (secondary N) is 1. The van der Waals surface area contributed by atoms with E-state index in [1.54, 1.807) is 13.0 Å². The smallest absolute Gasteiger partial charge is 0.141 e. The van der Waals surface area contributed by atoms with Crippen LogP contribution in [0.1, 0.15) is 24.0 Å². The van der Waals surface area contributed by atoms with Crippen LogP contribution in [0.4, 0.5) is 0 Å². The van der Waals surface area contributed by atoms with Crippen molar-refractivity contribution in [2.75, 3.05) is 6.54 Å². The molecule has 1 atom stereocenters. The number of phenols is 2. The zero-order chi connectivity index (χ0) is 11.7. The second-order valence-corrected chi connectivity index (χ2v) is 4.74. The van der Waals surface area contributed by atoms with Crippen molar-refractivity contribution in [2.45, 2.75) is 32.2 Å². The van der Waals surface area contributed by atoms with Crippen LogP contribution in [0, 0.1) is 6.92 Å². The molecule has 88 valence electrons. The predicted molar refractivity (Wildman–Crippen MR) is 64.2 cm³/mol. The lowest BCUT2D eigenvalue weighted by Crippen LogP contribution is -2.23. The molecule has 1 unspecified atom stereocenters. The third-order valence-corrected chi connectivity index (χ3v) is 3.47. The molecule has 1 heterocycles. The van der Waals surface area contributed by atoms with Crippen LogP contribution in [0.15, 0.2) is 6.07 Å². The van der Waals surface area contributed by atoms with Crippen LogP contribution in [0.3, 0.4) is 0 Å². The molecule has 1 aliphatic rings. The molecule has 0 radical (unpaired) electrons. The van der Waals surface area contributed by atoms with Crippen LogP contribution in [-0.2, 0) is 6.42 Å². The minimum Gasteiger partial charge on any atom is -0.506 e. The Labute approximate surface area is 100 Å². The van der Waals surface area contributed by atoms with Gasteiger partial charge in [-0.2, -0.15) is 0 Å². The zero-order valence-electron chi connectivity index (χ0n) is 9.26. The molecule has 0 bridgehead atoms. The maximum absolute atomic E-state index is 9.84. The summed E-state index contributed by atoms with van der Waals surface area (Å²) in [5.41, 5.74) is 1.51. The van der Waals surface area contributed by atoms with E-state index in [9.17, 15) is 10.2 Å². The second-order valence-electron chi connectivity index (χ2n) is 4.36. The van der Waals surface area contributed by atoms with Gasteiger partial charge in [-0.1, -0.05) is 11.6 Å². The zero-order valence-corrected chi connectivity index (χ0v) is 10.0. The van der Waals surface area contributed by atoms with Gasteiger partial charge in [0.2, 0.25) is 0 Å². The Hall–Kier alpha value is -0.930. The molecule has 0 aromatic heterocycles. The third kappa shape index (κ3) is 2.11. The highest BCUT2D eigenvalue weighted by molar-refractivity contribution is 6.33. The first kappa shape index (κ1) is 11.6. The van der Waals surface area contributed by atoms with Crippen LogP contribution >= 0.6 is 11.6 Å². The molecule has 0 amide bonds. The fraction of sp³-hybridized carbons (Fsp3) is 0.500. The summed E-state index contributed by atoms with van der Waals surface area (Å²) in [5.74, 6) is -0.0132. The summed E-state index contributed by atoms with van der Waals surface area (Å²) in [7, 11) is 0. The van der Waals surface area contributed by atoms with Gasteiger partial charge < -0.3 is 15.5 Å². The van der Waals surface area contributed by atoms with E-state index < -0.39 is 0 Å². The molecule has 0 spiro atoms. The van der Waals surface area contributed by atoms with Crippen molar-refractivity contribution in [2.24, 2.45) is 0 Å². The average Bonchev–Trinajstić information content (AvgIpc) is 2.76. The Morgan fingerprint density at radius 3 is 2.81 bits per heavy atom. The molecule has 4 heteroatoms. The number of hydrogen-bond acceptors (Lipinski definition) is 3. The minimum atomic E-state index is -0.0257. The molecular weight excluding hydrogens is 226 g/mol. The lowest BCUT2D eigenvalue weighted by molar-refractivity contribution is 0.440. The maximum Gasteiger partial charge on any atom is 0.141 e. The van der Waals surface area contributed by atoms with Crippen LogP contribution in [0.25, 0.3) is 0 Å². The van der Waals surface area contributed by atoms with Gasteiger partial charge in [-0.15, -0.1) is 0 Å².